The van der Waals surface area contributed by atoms with E-state index in [2.05, 4.69) is 62.5 Å². The summed E-state index contributed by atoms with van der Waals surface area (Å²) in [6, 6.07) is 0. The monoisotopic (exact) mass is 951 g/mol. The van der Waals surface area contributed by atoms with E-state index >= 15 is 0 Å². The van der Waals surface area contributed by atoms with E-state index < -0.39 is 81.8 Å². The number of aliphatic hydroxyl groups excluding tert-OH is 6. The molecule has 0 aromatic heterocycles. The maximum Gasteiger partial charge on any atom is 0.472 e. The van der Waals surface area contributed by atoms with E-state index in [9.17, 15) is 49.7 Å². The Hall–Kier alpha value is -3.27. The first-order chi connectivity index (χ1) is 31.8. The van der Waals surface area contributed by atoms with E-state index in [1.807, 2.05) is 42.5 Å². The molecular formula is C51H83O14P. The molecule has 0 heterocycles. The Morgan fingerprint density at radius 3 is 1.65 bits per heavy atom. The van der Waals surface area contributed by atoms with E-state index in [1.165, 1.54) is 0 Å². The first-order valence-corrected chi connectivity index (χ1v) is 25.6. The first-order valence-electron chi connectivity index (χ1n) is 24.1. The fraction of sp³-hybridized carbons (Fsp3) is 0.647. The Bertz CT molecular complexity index is 1540. The van der Waals surface area contributed by atoms with Crippen LogP contribution >= 0.6 is 7.82 Å². The van der Waals surface area contributed by atoms with Crippen LogP contribution in [0.25, 0.3) is 0 Å². The highest BCUT2D eigenvalue weighted by Crippen LogP contribution is 2.47. The normalized spacial score (nSPS) is 22.6. The lowest BCUT2D eigenvalue weighted by Gasteiger charge is -2.41. The van der Waals surface area contributed by atoms with Gasteiger partial charge in [0.25, 0.3) is 0 Å². The van der Waals surface area contributed by atoms with Crippen LogP contribution in [0.3, 0.4) is 0 Å². The predicted molar refractivity (Wildman–Crippen MR) is 259 cm³/mol. The highest BCUT2D eigenvalue weighted by Gasteiger charge is 2.51. The molecule has 14 nitrogen and oxygen atoms in total. The summed E-state index contributed by atoms with van der Waals surface area (Å²) in [4.78, 5) is 35.7. The van der Waals surface area contributed by atoms with Crippen LogP contribution in [-0.2, 0) is 32.7 Å². The molecule has 376 valence electrons. The van der Waals surface area contributed by atoms with Crippen molar-refractivity contribution in [1.82, 2.24) is 0 Å². The highest BCUT2D eigenvalue weighted by atomic mass is 31.2. The number of carbonyl (C=O) groups excluding carboxylic acids is 2. The zero-order chi connectivity index (χ0) is 48.7. The fourth-order valence-electron chi connectivity index (χ4n) is 6.62. The van der Waals surface area contributed by atoms with Gasteiger partial charge in [0.2, 0.25) is 0 Å². The molecule has 7 N–H and O–H groups in total. The van der Waals surface area contributed by atoms with Gasteiger partial charge in [-0.3, -0.25) is 18.6 Å². The Kier molecular flexibility index (Phi) is 36.5. The lowest BCUT2D eigenvalue weighted by molar-refractivity contribution is -0.220. The summed E-state index contributed by atoms with van der Waals surface area (Å²) >= 11 is 0. The van der Waals surface area contributed by atoms with Crippen LogP contribution in [0.5, 0.6) is 0 Å². The third kappa shape index (κ3) is 31.7. The van der Waals surface area contributed by atoms with Crippen molar-refractivity contribution in [3.05, 3.63) is 97.2 Å². The van der Waals surface area contributed by atoms with Gasteiger partial charge in [0.15, 0.2) is 6.10 Å². The molecule has 1 rings (SSSR count). The molecule has 3 unspecified atom stereocenters. The van der Waals surface area contributed by atoms with Crippen molar-refractivity contribution in [3.63, 3.8) is 0 Å². The van der Waals surface area contributed by atoms with Crippen LogP contribution in [0.4, 0.5) is 0 Å². The number of rotatable bonds is 38. The van der Waals surface area contributed by atoms with Gasteiger partial charge in [-0.25, -0.2) is 4.57 Å². The number of aliphatic hydroxyl groups is 6. The second-order valence-corrected chi connectivity index (χ2v) is 17.8. The minimum Gasteiger partial charge on any atom is -0.462 e. The minimum absolute atomic E-state index is 0.00840. The molecule has 1 saturated carbocycles. The van der Waals surface area contributed by atoms with Crippen LogP contribution in [0.15, 0.2) is 97.2 Å². The molecule has 9 atom stereocenters. The molecule has 15 heteroatoms. The standard InChI is InChI=1S/C51H83O14P/c1-3-5-7-8-9-10-11-12-13-14-15-16-17-18-21-24-27-30-34-38-44(53)62-40-43(41-63-66(60,61)65-51-49(58)47(56)46(55)48(57)50(51)59)64-45(54)39-35-31-28-25-22-19-20-23-26-29-33-37-42(52)36-32-6-4-2/h5,7,9-10,12-13,15-16,19-20,25-26,28-29,33,37,42-43,46-52,55-59H,3-4,6,8,11,14,17-18,21-24,27,30-32,34-36,38-41H2,1-2H3,(H,60,61)/b7-5-,10-9-,13-12-,16-15-,20-19-,28-25-,29-26-,37-33+/t42-,43+,46?,47-,48+,49+,50+,51?/m0/s1. The zero-order valence-electron chi connectivity index (χ0n) is 39.6. The zero-order valence-corrected chi connectivity index (χ0v) is 40.4. The molecule has 1 aliphatic rings. The first kappa shape index (κ1) is 60.7. The summed E-state index contributed by atoms with van der Waals surface area (Å²) in [6.07, 6.45) is 36.3. The summed E-state index contributed by atoms with van der Waals surface area (Å²) in [7, 11) is -5.16. The van der Waals surface area contributed by atoms with Crippen molar-refractivity contribution in [3.8, 4) is 0 Å². The summed E-state index contributed by atoms with van der Waals surface area (Å²) < 4.78 is 33.5. The second kappa shape index (κ2) is 39.7. The topological polar surface area (TPSA) is 230 Å². The van der Waals surface area contributed by atoms with Crippen LogP contribution in [0.1, 0.15) is 149 Å². The minimum atomic E-state index is -5.16. The van der Waals surface area contributed by atoms with Gasteiger partial charge in [0.1, 0.15) is 43.2 Å². The van der Waals surface area contributed by atoms with Gasteiger partial charge in [-0.1, -0.05) is 156 Å². The lowest BCUT2D eigenvalue weighted by Crippen LogP contribution is -2.64. The lowest BCUT2D eigenvalue weighted by atomic mass is 9.85. The van der Waals surface area contributed by atoms with Crippen molar-refractivity contribution >= 4 is 19.8 Å². The Labute approximate surface area is 394 Å². The van der Waals surface area contributed by atoms with Crippen molar-refractivity contribution in [1.29, 1.82) is 0 Å². The Morgan fingerprint density at radius 2 is 1.06 bits per heavy atom. The quantitative estimate of drug-likeness (QED) is 0.0101. The van der Waals surface area contributed by atoms with E-state index in [0.717, 1.165) is 96.3 Å². The summed E-state index contributed by atoms with van der Waals surface area (Å²) in [6.45, 7) is 2.99. The average Bonchev–Trinajstić information content (AvgIpc) is 3.29. The molecule has 0 spiro atoms. The van der Waals surface area contributed by atoms with E-state index in [0.29, 0.717) is 25.7 Å². The third-order valence-corrected chi connectivity index (χ3v) is 11.5. The second-order valence-electron chi connectivity index (χ2n) is 16.4. The SMILES string of the molecule is CC/C=C\C/C=C\C/C=C\C/C=C\CCCCCCCCC(=O)OC[C@H](COP(=O)(O)OC1[C@H](O)[C@H](O)C(O)[C@H](O)[C@H]1O)OC(=O)CCC/C=C\C/C=C\C/C=C\C=C\[C@@H](O)CCCCC. The molecular weight excluding hydrogens is 868 g/mol. The molecule has 1 fully saturated rings. The molecule has 0 saturated heterocycles. The van der Waals surface area contributed by atoms with Crippen LogP contribution in [-0.4, -0.2) is 110 Å². The van der Waals surface area contributed by atoms with E-state index in [1.54, 1.807) is 6.08 Å². The summed E-state index contributed by atoms with van der Waals surface area (Å²) in [5.41, 5.74) is 0. The molecule has 0 bridgehead atoms. The number of ether oxygens (including phenoxy) is 2. The predicted octanol–water partition coefficient (Wildman–Crippen LogP) is 8.80. The number of hydrogen-bond donors (Lipinski definition) is 7. The molecule has 66 heavy (non-hydrogen) atoms. The number of phosphoric ester groups is 1. The van der Waals surface area contributed by atoms with Crippen LogP contribution in [0, 0.1) is 0 Å². The van der Waals surface area contributed by atoms with Gasteiger partial charge < -0.3 is 45.0 Å². The number of esters is 2. The molecule has 0 aromatic carbocycles. The van der Waals surface area contributed by atoms with Gasteiger partial charge in [0, 0.05) is 12.8 Å². The number of hydrogen-bond acceptors (Lipinski definition) is 13. The number of allylic oxidation sites excluding steroid dienone is 15. The van der Waals surface area contributed by atoms with Crippen molar-refractivity contribution in [2.45, 2.75) is 198 Å². The fourth-order valence-corrected chi connectivity index (χ4v) is 7.59. The maximum absolute atomic E-state index is 12.8. The van der Waals surface area contributed by atoms with Crippen LogP contribution < -0.4 is 0 Å². The summed E-state index contributed by atoms with van der Waals surface area (Å²) in [5, 5.41) is 60.1. The van der Waals surface area contributed by atoms with Crippen LogP contribution in [0.2, 0.25) is 0 Å². The average molecular weight is 951 g/mol. The van der Waals surface area contributed by atoms with Crippen molar-refractivity contribution < 1.29 is 68.2 Å². The van der Waals surface area contributed by atoms with E-state index in [4.69, 9.17) is 18.5 Å². The Balaban J connectivity index is 2.51. The number of carbonyl (C=O) groups is 2. The number of phosphoric acid groups is 1. The molecule has 0 aliphatic heterocycles. The third-order valence-electron chi connectivity index (χ3n) is 10.5. The number of unbranched alkanes of at least 4 members (excludes halogenated alkanes) is 9. The van der Waals surface area contributed by atoms with Gasteiger partial charge >= 0.3 is 19.8 Å². The Morgan fingerprint density at radius 1 is 0.561 bits per heavy atom. The molecule has 0 aromatic rings. The smallest absolute Gasteiger partial charge is 0.462 e. The van der Waals surface area contributed by atoms with Crippen molar-refractivity contribution in [2.75, 3.05) is 13.2 Å². The van der Waals surface area contributed by atoms with Gasteiger partial charge in [-0.15, -0.1) is 0 Å². The molecule has 1 aliphatic carbocycles. The summed E-state index contributed by atoms with van der Waals surface area (Å²) in [5.74, 6) is -1.22. The van der Waals surface area contributed by atoms with Gasteiger partial charge in [-0.2, -0.15) is 0 Å². The molecule has 0 radical (unpaired) electrons. The van der Waals surface area contributed by atoms with Crippen molar-refractivity contribution in [2.24, 2.45) is 0 Å². The largest absolute Gasteiger partial charge is 0.472 e. The van der Waals surface area contributed by atoms with Gasteiger partial charge in [0.05, 0.1) is 12.7 Å². The van der Waals surface area contributed by atoms with Gasteiger partial charge in [-0.05, 0) is 77.0 Å². The highest BCUT2D eigenvalue weighted by molar-refractivity contribution is 7.47. The maximum atomic E-state index is 12.8. The van der Waals surface area contributed by atoms with E-state index in [-0.39, 0.29) is 12.8 Å². The molecule has 0 amide bonds.